The van der Waals surface area contributed by atoms with E-state index >= 15 is 0 Å². The van der Waals surface area contributed by atoms with E-state index in [1.807, 2.05) is 20.8 Å². The summed E-state index contributed by atoms with van der Waals surface area (Å²) in [5.74, 6) is 1.04. The second-order valence-corrected chi connectivity index (χ2v) is 9.58. The zero-order valence-electron chi connectivity index (χ0n) is 14.0. The molecule has 5 atom stereocenters. The van der Waals surface area contributed by atoms with Gasteiger partial charge in [-0.2, -0.15) is 0 Å². The van der Waals surface area contributed by atoms with Gasteiger partial charge in [0.05, 0.1) is 10.5 Å². The Kier molecular flexibility index (Phi) is 6.52. The van der Waals surface area contributed by atoms with E-state index < -0.39 is 9.84 Å². The van der Waals surface area contributed by atoms with Gasteiger partial charge in [0.2, 0.25) is 0 Å². The normalized spacial score (nSPS) is 33.4. The van der Waals surface area contributed by atoms with Crippen LogP contribution in [0.15, 0.2) is 0 Å². The van der Waals surface area contributed by atoms with Crippen LogP contribution >= 0.6 is 0 Å². The third-order valence-electron chi connectivity index (χ3n) is 4.88. The van der Waals surface area contributed by atoms with Gasteiger partial charge in [-0.1, -0.05) is 34.6 Å². The van der Waals surface area contributed by atoms with E-state index in [-0.39, 0.29) is 28.4 Å². The monoisotopic (exact) mass is 303 g/mol. The second kappa shape index (κ2) is 7.26. The van der Waals surface area contributed by atoms with Gasteiger partial charge in [0.15, 0.2) is 9.84 Å². The van der Waals surface area contributed by atoms with Crippen molar-refractivity contribution in [1.29, 1.82) is 0 Å². The fourth-order valence-corrected chi connectivity index (χ4v) is 6.22. The SMILES string of the molecule is CCCNC1CC(C)CC(C)C1S(=O)(=O)C(C)C(C)C. The van der Waals surface area contributed by atoms with Crippen molar-refractivity contribution in [2.75, 3.05) is 6.54 Å². The van der Waals surface area contributed by atoms with E-state index in [1.165, 1.54) is 0 Å². The lowest BCUT2D eigenvalue weighted by Gasteiger charge is -2.41. The van der Waals surface area contributed by atoms with Crippen molar-refractivity contribution < 1.29 is 8.42 Å². The van der Waals surface area contributed by atoms with Crippen molar-refractivity contribution in [2.24, 2.45) is 17.8 Å². The first-order chi connectivity index (χ1) is 9.21. The summed E-state index contributed by atoms with van der Waals surface area (Å²) >= 11 is 0. The topological polar surface area (TPSA) is 46.2 Å². The minimum Gasteiger partial charge on any atom is -0.313 e. The van der Waals surface area contributed by atoms with E-state index in [1.54, 1.807) is 0 Å². The summed E-state index contributed by atoms with van der Waals surface area (Å²) < 4.78 is 26.0. The van der Waals surface area contributed by atoms with E-state index in [9.17, 15) is 8.42 Å². The van der Waals surface area contributed by atoms with Crippen molar-refractivity contribution in [3.8, 4) is 0 Å². The van der Waals surface area contributed by atoms with Gasteiger partial charge in [-0.25, -0.2) is 8.42 Å². The number of hydrogen-bond acceptors (Lipinski definition) is 3. The van der Waals surface area contributed by atoms with Crippen LogP contribution in [0.3, 0.4) is 0 Å². The molecule has 0 bridgehead atoms. The van der Waals surface area contributed by atoms with Gasteiger partial charge in [-0.15, -0.1) is 0 Å². The van der Waals surface area contributed by atoms with Crippen molar-refractivity contribution in [1.82, 2.24) is 5.32 Å². The molecule has 0 spiro atoms. The first-order valence-electron chi connectivity index (χ1n) is 8.17. The predicted molar refractivity (Wildman–Crippen MR) is 86.7 cm³/mol. The van der Waals surface area contributed by atoms with E-state index in [4.69, 9.17) is 0 Å². The van der Waals surface area contributed by atoms with Crippen LogP contribution in [0.1, 0.15) is 60.8 Å². The Labute approximate surface area is 125 Å². The molecule has 1 fully saturated rings. The van der Waals surface area contributed by atoms with Crippen LogP contribution in [-0.2, 0) is 9.84 Å². The number of nitrogens with one attached hydrogen (secondary N) is 1. The van der Waals surface area contributed by atoms with Crippen molar-refractivity contribution >= 4 is 9.84 Å². The van der Waals surface area contributed by atoms with E-state index in [2.05, 4.69) is 26.1 Å². The maximum Gasteiger partial charge on any atom is 0.157 e. The molecular formula is C16H33NO2S. The molecule has 0 aliphatic heterocycles. The Morgan fingerprint density at radius 2 is 1.75 bits per heavy atom. The smallest absolute Gasteiger partial charge is 0.157 e. The Morgan fingerprint density at radius 3 is 2.25 bits per heavy atom. The van der Waals surface area contributed by atoms with Crippen molar-refractivity contribution in [2.45, 2.75) is 77.3 Å². The summed E-state index contributed by atoms with van der Waals surface area (Å²) in [5, 5.41) is 3.03. The molecule has 0 heterocycles. The molecule has 3 nitrogen and oxygen atoms in total. The lowest BCUT2D eigenvalue weighted by molar-refractivity contribution is 0.240. The third kappa shape index (κ3) is 3.97. The van der Waals surface area contributed by atoms with Gasteiger partial charge in [-0.05, 0) is 50.5 Å². The van der Waals surface area contributed by atoms with Crippen molar-refractivity contribution in [3.05, 3.63) is 0 Å². The zero-order valence-corrected chi connectivity index (χ0v) is 14.8. The first kappa shape index (κ1) is 18.0. The van der Waals surface area contributed by atoms with Gasteiger partial charge >= 0.3 is 0 Å². The number of hydrogen-bond donors (Lipinski definition) is 1. The number of sulfone groups is 1. The van der Waals surface area contributed by atoms with Gasteiger partial charge in [0.1, 0.15) is 0 Å². The molecule has 0 aromatic carbocycles. The summed E-state index contributed by atoms with van der Waals surface area (Å²) in [6, 6.07) is 0.125. The fraction of sp³-hybridized carbons (Fsp3) is 1.00. The third-order valence-corrected chi connectivity index (χ3v) is 8.01. The molecule has 1 rings (SSSR count). The van der Waals surface area contributed by atoms with Crippen LogP contribution in [0.5, 0.6) is 0 Å². The zero-order chi connectivity index (χ0) is 15.5. The average molecular weight is 304 g/mol. The van der Waals surface area contributed by atoms with Crippen LogP contribution in [0.25, 0.3) is 0 Å². The Balaban J connectivity index is 3.01. The van der Waals surface area contributed by atoms with Crippen molar-refractivity contribution in [3.63, 3.8) is 0 Å². The molecule has 0 aromatic heterocycles. The maximum absolute atomic E-state index is 13.0. The van der Waals surface area contributed by atoms with E-state index in [0.717, 1.165) is 25.8 Å². The molecule has 0 radical (unpaired) electrons. The first-order valence-corrected chi connectivity index (χ1v) is 9.78. The molecule has 0 amide bonds. The molecule has 0 saturated heterocycles. The van der Waals surface area contributed by atoms with Gasteiger partial charge in [-0.3, -0.25) is 0 Å². The largest absolute Gasteiger partial charge is 0.313 e. The Bertz CT molecular complexity index is 391. The van der Waals surface area contributed by atoms with Crippen LogP contribution in [-0.4, -0.2) is 31.5 Å². The molecule has 1 aliphatic carbocycles. The van der Waals surface area contributed by atoms with Crippen LogP contribution in [0.4, 0.5) is 0 Å². The highest BCUT2D eigenvalue weighted by molar-refractivity contribution is 7.92. The summed E-state index contributed by atoms with van der Waals surface area (Å²) in [6.07, 6.45) is 3.06. The minimum absolute atomic E-state index is 0.125. The summed E-state index contributed by atoms with van der Waals surface area (Å²) in [5.41, 5.74) is 0. The molecule has 4 heteroatoms. The predicted octanol–water partition coefficient (Wildman–Crippen LogP) is 3.25. The molecule has 20 heavy (non-hydrogen) atoms. The van der Waals surface area contributed by atoms with Gasteiger partial charge in [0.25, 0.3) is 0 Å². The standard InChI is InChI=1S/C16H33NO2S/c1-7-8-17-15-10-12(4)9-13(5)16(15)20(18,19)14(6)11(2)3/h11-17H,7-10H2,1-6H3. The summed E-state index contributed by atoms with van der Waals surface area (Å²) in [4.78, 5) is 0. The Morgan fingerprint density at radius 1 is 1.15 bits per heavy atom. The second-order valence-electron chi connectivity index (χ2n) is 7.12. The minimum atomic E-state index is -3.08. The van der Waals surface area contributed by atoms with Crippen LogP contribution in [0, 0.1) is 17.8 Å². The number of rotatable bonds is 6. The highest BCUT2D eigenvalue weighted by Crippen LogP contribution is 2.36. The fourth-order valence-electron chi connectivity index (χ4n) is 3.54. The molecule has 1 N–H and O–H groups in total. The lowest BCUT2D eigenvalue weighted by atomic mass is 9.80. The Hall–Kier alpha value is -0.0900. The van der Waals surface area contributed by atoms with Crippen LogP contribution in [0.2, 0.25) is 0 Å². The molecule has 1 saturated carbocycles. The molecule has 120 valence electrons. The van der Waals surface area contributed by atoms with Gasteiger partial charge < -0.3 is 5.32 Å². The molecular weight excluding hydrogens is 270 g/mol. The summed E-state index contributed by atoms with van der Waals surface area (Å²) in [6.45, 7) is 13.3. The maximum atomic E-state index is 13.0. The average Bonchev–Trinajstić information content (AvgIpc) is 2.33. The highest BCUT2D eigenvalue weighted by Gasteiger charge is 2.44. The highest BCUT2D eigenvalue weighted by atomic mass is 32.2. The quantitative estimate of drug-likeness (QED) is 0.819. The lowest BCUT2D eigenvalue weighted by Crippen LogP contribution is -2.54. The molecule has 0 aromatic rings. The molecule has 1 aliphatic rings. The van der Waals surface area contributed by atoms with Gasteiger partial charge in [0, 0.05) is 6.04 Å². The molecule has 5 unspecified atom stereocenters. The van der Waals surface area contributed by atoms with Crippen LogP contribution < -0.4 is 5.32 Å². The van der Waals surface area contributed by atoms with E-state index in [0.29, 0.717) is 5.92 Å². The summed E-state index contributed by atoms with van der Waals surface area (Å²) in [7, 11) is -3.08.